The maximum atomic E-state index is 13.5. The van der Waals surface area contributed by atoms with Crippen molar-refractivity contribution in [2.45, 2.75) is 32.3 Å². The number of benzene rings is 1. The Balaban J connectivity index is 1.64. The molecule has 182 valence electrons. The predicted octanol–water partition coefficient (Wildman–Crippen LogP) is 3.64. The van der Waals surface area contributed by atoms with Gasteiger partial charge in [-0.05, 0) is 25.1 Å². The molecular weight excluding hydrogens is 467 g/mol. The Morgan fingerprint density at radius 3 is 2.60 bits per heavy atom. The predicted molar refractivity (Wildman–Crippen MR) is 115 cm³/mol. The Hall–Kier alpha value is -4.27. The van der Waals surface area contributed by atoms with Crippen LogP contribution < -0.4 is 14.2 Å². The lowest BCUT2D eigenvalue weighted by atomic mass is 10.1. The molecule has 0 aliphatic carbocycles. The number of hydrogen-bond donors (Lipinski definition) is 0. The highest BCUT2D eigenvalue weighted by Crippen LogP contribution is 2.37. The van der Waals surface area contributed by atoms with Crippen molar-refractivity contribution in [3.63, 3.8) is 0 Å². The highest BCUT2D eigenvalue weighted by Gasteiger charge is 2.40. The zero-order chi connectivity index (χ0) is 25.3. The second kappa shape index (κ2) is 9.17. The number of hydrogen-bond acceptors (Lipinski definition) is 7. The largest absolute Gasteiger partial charge is 0.494 e. The summed E-state index contributed by atoms with van der Waals surface area (Å²) in [6.45, 7) is 1.10. The molecule has 0 saturated carbocycles. The van der Waals surface area contributed by atoms with Crippen LogP contribution in [0.1, 0.15) is 34.1 Å². The Labute approximate surface area is 198 Å². The van der Waals surface area contributed by atoms with E-state index < -0.39 is 18.2 Å². The second-order valence-electron chi connectivity index (χ2n) is 7.70. The number of alkyl halides is 3. The zero-order valence-corrected chi connectivity index (χ0v) is 19.0. The number of rotatable bonds is 6. The Morgan fingerprint density at radius 1 is 1.20 bits per heavy atom. The smallest absolute Gasteiger partial charge is 0.425 e. The van der Waals surface area contributed by atoms with Gasteiger partial charge >= 0.3 is 6.18 Å². The number of pyridine rings is 1. The van der Waals surface area contributed by atoms with Gasteiger partial charge in [-0.1, -0.05) is 0 Å². The molecule has 0 fully saturated rings. The monoisotopic (exact) mass is 487 g/mol. The van der Waals surface area contributed by atoms with Crippen molar-refractivity contribution in [3.8, 4) is 29.1 Å². The summed E-state index contributed by atoms with van der Waals surface area (Å²) in [5.41, 5.74) is 1.84. The Morgan fingerprint density at radius 2 is 1.97 bits per heavy atom. The van der Waals surface area contributed by atoms with E-state index in [1.165, 1.54) is 31.3 Å². The minimum absolute atomic E-state index is 0.00313. The van der Waals surface area contributed by atoms with Gasteiger partial charge in [0.2, 0.25) is 5.88 Å². The number of carbonyl (C=O) groups is 1. The van der Waals surface area contributed by atoms with Crippen LogP contribution in [-0.2, 0) is 13.1 Å². The fourth-order valence-electron chi connectivity index (χ4n) is 3.66. The van der Waals surface area contributed by atoms with Crippen molar-refractivity contribution in [1.82, 2.24) is 19.7 Å². The third-order valence-electron chi connectivity index (χ3n) is 5.48. The first-order valence-electron chi connectivity index (χ1n) is 10.4. The number of fused-ring (bicyclic) bond motifs is 1. The molecule has 0 N–H and O–H groups in total. The van der Waals surface area contributed by atoms with Crippen LogP contribution in [0.5, 0.6) is 17.4 Å². The molecule has 0 spiro atoms. The van der Waals surface area contributed by atoms with Crippen LogP contribution in [0.4, 0.5) is 13.2 Å². The third-order valence-corrected chi connectivity index (χ3v) is 5.48. The summed E-state index contributed by atoms with van der Waals surface area (Å²) >= 11 is 0. The lowest BCUT2D eigenvalue weighted by Gasteiger charge is -2.23. The number of amides is 1. The number of methoxy groups -OCH3 is 2. The fourth-order valence-corrected chi connectivity index (χ4v) is 3.66. The molecule has 12 heteroatoms. The van der Waals surface area contributed by atoms with Crippen LogP contribution in [0.3, 0.4) is 0 Å². The summed E-state index contributed by atoms with van der Waals surface area (Å²) in [6.07, 6.45) is -3.49. The van der Waals surface area contributed by atoms with E-state index in [2.05, 4.69) is 10.1 Å². The minimum atomic E-state index is -4.65. The third kappa shape index (κ3) is 4.57. The summed E-state index contributed by atoms with van der Waals surface area (Å²) in [5.74, 6) is -0.699. The summed E-state index contributed by atoms with van der Waals surface area (Å²) in [7, 11) is 2.73. The molecule has 1 aliphatic heterocycles. The molecule has 1 atom stereocenters. The molecule has 9 nitrogen and oxygen atoms in total. The van der Waals surface area contributed by atoms with E-state index in [1.807, 2.05) is 6.07 Å². The quantitative estimate of drug-likeness (QED) is 0.523. The van der Waals surface area contributed by atoms with Gasteiger partial charge in [0.1, 0.15) is 17.4 Å². The molecule has 0 bridgehead atoms. The molecule has 2 aromatic heterocycles. The van der Waals surface area contributed by atoms with Gasteiger partial charge in [-0.15, -0.1) is 0 Å². The average molecular weight is 487 g/mol. The summed E-state index contributed by atoms with van der Waals surface area (Å²) < 4.78 is 56.5. The number of aromatic nitrogens is 3. The van der Waals surface area contributed by atoms with E-state index in [1.54, 1.807) is 29.2 Å². The first kappa shape index (κ1) is 23.9. The SMILES string of the molecule is COc1cc(-n2cc3c(n2)CN(C(=O)c2c(O[C@@H](C)C(F)(F)F)ccc(C#N)c2OC)C3)ccn1. The highest BCUT2D eigenvalue weighted by atomic mass is 19.4. The lowest BCUT2D eigenvalue weighted by Crippen LogP contribution is -2.33. The van der Waals surface area contributed by atoms with Crippen molar-refractivity contribution in [3.05, 3.63) is 59.0 Å². The molecular formula is C23H20F3N5O4. The molecule has 0 unspecified atom stereocenters. The Bertz CT molecular complexity index is 1290. The van der Waals surface area contributed by atoms with Crippen molar-refractivity contribution < 1.29 is 32.2 Å². The normalized spacial score (nSPS) is 13.7. The van der Waals surface area contributed by atoms with Crippen LogP contribution in [0.15, 0.2) is 36.7 Å². The number of halogens is 3. The molecule has 4 rings (SSSR count). The van der Waals surface area contributed by atoms with Gasteiger partial charge in [0.25, 0.3) is 5.91 Å². The molecule has 1 aliphatic rings. The van der Waals surface area contributed by atoms with E-state index in [0.29, 0.717) is 17.3 Å². The number of carbonyl (C=O) groups excluding carboxylic acids is 1. The van der Waals surface area contributed by atoms with Crippen molar-refractivity contribution in [1.29, 1.82) is 5.26 Å². The van der Waals surface area contributed by atoms with Gasteiger partial charge in [-0.3, -0.25) is 4.79 Å². The van der Waals surface area contributed by atoms with Crippen LogP contribution in [-0.4, -0.2) is 52.1 Å². The molecule has 1 amide bonds. The van der Waals surface area contributed by atoms with Gasteiger partial charge in [0.05, 0.1) is 37.7 Å². The second-order valence-corrected chi connectivity index (χ2v) is 7.70. The van der Waals surface area contributed by atoms with Crippen molar-refractivity contribution in [2.24, 2.45) is 0 Å². The number of ether oxygens (including phenoxy) is 3. The van der Waals surface area contributed by atoms with Crippen molar-refractivity contribution in [2.75, 3.05) is 14.2 Å². The summed E-state index contributed by atoms with van der Waals surface area (Å²) in [6, 6.07) is 7.76. The number of nitrogens with zero attached hydrogens (tertiary/aromatic N) is 5. The van der Waals surface area contributed by atoms with Crippen LogP contribution in [0.25, 0.3) is 5.69 Å². The highest BCUT2D eigenvalue weighted by molar-refractivity contribution is 6.00. The molecule has 3 heterocycles. The fraction of sp³-hybridized carbons (Fsp3) is 0.304. The van der Waals surface area contributed by atoms with Crippen molar-refractivity contribution >= 4 is 5.91 Å². The topological polar surface area (TPSA) is 102 Å². The van der Waals surface area contributed by atoms with E-state index in [0.717, 1.165) is 12.5 Å². The standard InChI is InChI=1S/C23H20F3N5O4/c1-13(23(24,25)26)35-18-5-4-14(9-27)21(34-3)20(18)22(32)30-10-15-11-31(29-17(15)12-30)16-6-7-28-19(8-16)33-2/h4-8,11,13H,10,12H2,1-3H3/t13-/m0/s1. The molecule has 35 heavy (non-hydrogen) atoms. The first-order valence-corrected chi connectivity index (χ1v) is 10.4. The number of nitriles is 1. The van der Waals surface area contributed by atoms with Crippen LogP contribution >= 0.6 is 0 Å². The van der Waals surface area contributed by atoms with Gasteiger partial charge in [-0.2, -0.15) is 23.5 Å². The maximum absolute atomic E-state index is 13.5. The first-order chi connectivity index (χ1) is 16.7. The average Bonchev–Trinajstić information content (AvgIpc) is 3.42. The van der Waals surface area contributed by atoms with Crippen LogP contribution in [0, 0.1) is 11.3 Å². The van der Waals surface area contributed by atoms with Gasteiger partial charge in [0.15, 0.2) is 11.9 Å². The minimum Gasteiger partial charge on any atom is -0.494 e. The van der Waals surface area contributed by atoms with Gasteiger partial charge in [-0.25, -0.2) is 9.67 Å². The maximum Gasteiger partial charge on any atom is 0.425 e. The van der Waals surface area contributed by atoms with Gasteiger partial charge < -0.3 is 19.1 Å². The van der Waals surface area contributed by atoms with E-state index >= 15 is 0 Å². The molecule has 0 radical (unpaired) electrons. The van der Waals surface area contributed by atoms with Gasteiger partial charge in [0, 0.05) is 30.6 Å². The Kier molecular flexibility index (Phi) is 6.26. The molecule has 3 aromatic rings. The molecule has 0 saturated heterocycles. The zero-order valence-electron chi connectivity index (χ0n) is 19.0. The summed E-state index contributed by atoms with van der Waals surface area (Å²) in [4.78, 5) is 18.9. The van der Waals surface area contributed by atoms with Crippen LogP contribution in [0.2, 0.25) is 0 Å². The van der Waals surface area contributed by atoms with E-state index in [4.69, 9.17) is 14.2 Å². The molecule has 1 aromatic carbocycles. The van der Waals surface area contributed by atoms with E-state index in [-0.39, 0.29) is 35.7 Å². The lowest BCUT2D eigenvalue weighted by molar-refractivity contribution is -0.189. The summed E-state index contributed by atoms with van der Waals surface area (Å²) in [5, 5.41) is 13.9. The van der Waals surface area contributed by atoms with E-state index in [9.17, 15) is 23.2 Å².